The Morgan fingerprint density at radius 2 is 2.11 bits per heavy atom. The number of rotatable bonds is 5. The van der Waals surface area contributed by atoms with Crippen molar-refractivity contribution >= 4 is 28.0 Å². The summed E-state index contributed by atoms with van der Waals surface area (Å²) in [6, 6.07) is 3.63. The number of esters is 1. The summed E-state index contributed by atoms with van der Waals surface area (Å²) in [6.45, 7) is 2.43. The zero-order valence-electron chi connectivity index (χ0n) is 10.5. The van der Waals surface area contributed by atoms with Gasteiger partial charge in [0.1, 0.15) is 0 Å². The second kappa shape index (κ2) is 7.06. The summed E-state index contributed by atoms with van der Waals surface area (Å²) >= 11 is 3.40. The lowest BCUT2D eigenvalue weighted by Gasteiger charge is -2.11. The van der Waals surface area contributed by atoms with Crippen LogP contribution in [0.5, 0.6) is 11.5 Å². The minimum atomic E-state index is -0.403. The largest absolute Gasteiger partial charge is 0.492 e. The van der Waals surface area contributed by atoms with Crippen LogP contribution >= 0.6 is 15.9 Å². The van der Waals surface area contributed by atoms with Gasteiger partial charge in [-0.15, -0.1) is 0 Å². The highest BCUT2D eigenvalue weighted by Gasteiger charge is 2.10. The molecule has 4 nitrogen and oxygen atoms in total. The molecule has 0 saturated heterocycles. The van der Waals surface area contributed by atoms with E-state index in [4.69, 9.17) is 9.47 Å². The van der Waals surface area contributed by atoms with Crippen LogP contribution in [0.15, 0.2) is 22.7 Å². The molecule has 98 valence electrons. The average Bonchev–Trinajstić information content (AvgIpc) is 2.36. The molecule has 0 N–H and O–H groups in total. The number of carbonyl (C=O) groups excluding carboxylic acids is 1. The molecule has 0 bridgehead atoms. The van der Waals surface area contributed by atoms with Gasteiger partial charge in [-0.05, 0) is 46.6 Å². The van der Waals surface area contributed by atoms with E-state index in [1.165, 1.54) is 13.2 Å². The fraction of sp³-hybridized carbons (Fsp3) is 0.308. The van der Waals surface area contributed by atoms with Gasteiger partial charge in [-0.25, -0.2) is 4.79 Å². The van der Waals surface area contributed by atoms with Crippen LogP contribution in [0, 0.1) is 0 Å². The smallest absolute Gasteiger partial charge is 0.330 e. The fourth-order valence-electron chi connectivity index (χ4n) is 1.38. The molecule has 1 rings (SSSR count). The summed E-state index contributed by atoms with van der Waals surface area (Å²) < 4.78 is 16.0. The van der Waals surface area contributed by atoms with Crippen LogP contribution in [0.4, 0.5) is 0 Å². The second-order valence-corrected chi connectivity index (χ2v) is 4.18. The van der Waals surface area contributed by atoms with Crippen LogP contribution in [-0.2, 0) is 9.53 Å². The van der Waals surface area contributed by atoms with Gasteiger partial charge >= 0.3 is 5.97 Å². The number of benzene rings is 1. The first-order valence-electron chi connectivity index (χ1n) is 5.38. The SMILES string of the molecule is CCOc1cc(/C=C/C(=O)OC)cc(Br)c1OC. The Labute approximate surface area is 115 Å². The predicted octanol–water partition coefficient (Wildman–Crippen LogP) is 3.04. The molecule has 0 heterocycles. The van der Waals surface area contributed by atoms with Crippen LogP contribution in [0.3, 0.4) is 0 Å². The van der Waals surface area contributed by atoms with E-state index in [1.54, 1.807) is 19.3 Å². The number of hydrogen-bond acceptors (Lipinski definition) is 4. The van der Waals surface area contributed by atoms with Gasteiger partial charge in [-0.3, -0.25) is 0 Å². The standard InChI is InChI=1S/C13H15BrO4/c1-4-18-11-8-9(5-6-12(15)16-2)7-10(14)13(11)17-3/h5-8H,4H2,1-3H3/b6-5+. The van der Waals surface area contributed by atoms with Gasteiger partial charge in [0.25, 0.3) is 0 Å². The third-order valence-electron chi connectivity index (χ3n) is 2.15. The van der Waals surface area contributed by atoms with Gasteiger partial charge in [0, 0.05) is 6.08 Å². The van der Waals surface area contributed by atoms with Crippen molar-refractivity contribution in [2.24, 2.45) is 0 Å². The molecule has 0 atom stereocenters. The second-order valence-electron chi connectivity index (χ2n) is 3.32. The average molecular weight is 315 g/mol. The summed E-state index contributed by atoms with van der Waals surface area (Å²) in [6.07, 6.45) is 3.00. The lowest BCUT2D eigenvalue weighted by molar-refractivity contribution is -0.134. The van der Waals surface area contributed by atoms with Gasteiger partial charge in [0.2, 0.25) is 0 Å². The third kappa shape index (κ3) is 3.77. The zero-order chi connectivity index (χ0) is 13.5. The molecule has 0 fully saturated rings. The molecule has 1 aromatic carbocycles. The molecule has 1 aromatic rings. The van der Waals surface area contributed by atoms with Crippen molar-refractivity contribution in [1.82, 2.24) is 0 Å². The van der Waals surface area contributed by atoms with E-state index in [1.807, 2.05) is 13.0 Å². The first kappa shape index (κ1) is 14.6. The van der Waals surface area contributed by atoms with E-state index in [-0.39, 0.29) is 0 Å². The molecule has 0 aliphatic rings. The van der Waals surface area contributed by atoms with Crippen LogP contribution in [0.1, 0.15) is 12.5 Å². The Kier molecular flexibility index (Phi) is 5.71. The molecule has 0 saturated carbocycles. The van der Waals surface area contributed by atoms with Gasteiger partial charge < -0.3 is 14.2 Å². The molecule has 5 heteroatoms. The number of halogens is 1. The Balaban J connectivity index is 3.08. The topological polar surface area (TPSA) is 44.8 Å². The van der Waals surface area contributed by atoms with Crippen LogP contribution in [-0.4, -0.2) is 26.8 Å². The van der Waals surface area contributed by atoms with Crippen molar-refractivity contribution < 1.29 is 19.0 Å². The third-order valence-corrected chi connectivity index (χ3v) is 2.74. The van der Waals surface area contributed by atoms with Crippen LogP contribution < -0.4 is 9.47 Å². The van der Waals surface area contributed by atoms with E-state index in [0.29, 0.717) is 18.1 Å². The summed E-state index contributed by atoms with van der Waals surface area (Å²) in [4.78, 5) is 11.0. The monoisotopic (exact) mass is 314 g/mol. The van der Waals surface area contributed by atoms with Crippen molar-refractivity contribution in [3.05, 3.63) is 28.2 Å². The van der Waals surface area contributed by atoms with Crippen molar-refractivity contribution in [2.75, 3.05) is 20.8 Å². The normalized spacial score (nSPS) is 10.4. The maximum atomic E-state index is 11.0. The first-order valence-corrected chi connectivity index (χ1v) is 6.18. The highest BCUT2D eigenvalue weighted by atomic mass is 79.9. The molecule has 18 heavy (non-hydrogen) atoms. The predicted molar refractivity (Wildman–Crippen MR) is 72.9 cm³/mol. The molecule has 0 aliphatic heterocycles. The Hall–Kier alpha value is -1.49. The summed E-state index contributed by atoms with van der Waals surface area (Å²) in [5.74, 6) is 0.853. The van der Waals surface area contributed by atoms with Crippen molar-refractivity contribution in [1.29, 1.82) is 0 Å². The first-order chi connectivity index (χ1) is 8.62. The molecule has 0 radical (unpaired) electrons. The van der Waals surface area contributed by atoms with Crippen LogP contribution in [0.25, 0.3) is 6.08 Å². The summed E-state index contributed by atoms with van der Waals surface area (Å²) in [7, 11) is 2.91. The van der Waals surface area contributed by atoms with Crippen molar-refractivity contribution in [3.63, 3.8) is 0 Å². The van der Waals surface area contributed by atoms with E-state index < -0.39 is 5.97 Å². The minimum Gasteiger partial charge on any atom is -0.492 e. The van der Waals surface area contributed by atoms with Crippen molar-refractivity contribution in [2.45, 2.75) is 6.92 Å². The molecule has 0 unspecified atom stereocenters. The van der Waals surface area contributed by atoms with Crippen LogP contribution in [0.2, 0.25) is 0 Å². The number of carbonyl (C=O) groups is 1. The van der Waals surface area contributed by atoms with E-state index in [0.717, 1.165) is 10.0 Å². The molecular weight excluding hydrogens is 300 g/mol. The Morgan fingerprint density at radius 3 is 2.67 bits per heavy atom. The zero-order valence-corrected chi connectivity index (χ0v) is 12.1. The van der Waals surface area contributed by atoms with Gasteiger partial charge in [-0.1, -0.05) is 0 Å². The fourth-order valence-corrected chi connectivity index (χ4v) is 2.00. The van der Waals surface area contributed by atoms with E-state index >= 15 is 0 Å². The highest BCUT2D eigenvalue weighted by Crippen LogP contribution is 2.36. The number of ether oxygens (including phenoxy) is 3. The number of methoxy groups -OCH3 is 2. The molecule has 0 aliphatic carbocycles. The lowest BCUT2D eigenvalue weighted by atomic mass is 10.2. The van der Waals surface area contributed by atoms with E-state index in [2.05, 4.69) is 20.7 Å². The maximum Gasteiger partial charge on any atom is 0.330 e. The van der Waals surface area contributed by atoms with Gasteiger partial charge in [-0.2, -0.15) is 0 Å². The summed E-state index contributed by atoms with van der Waals surface area (Å²) in [5.41, 5.74) is 0.816. The van der Waals surface area contributed by atoms with Gasteiger partial charge in [0.05, 0.1) is 25.3 Å². The number of hydrogen-bond donors (Lipinski definition) is 0. The van der Waals surface area contributed by atoms with Gasteiger partial charge in [0.15, 0.2) is 11.5 Å². The Morgan fingerprint density at radius 1 is 1.39 bits per heavy atom. The molecular formula is C13H15BrO4. The molecule has 0 amide bonds. The Bertz CT molecular complexity index is 455. The quantitative estimate of drug-likeness (QED) is 0.619. The molecule has 0 aromatic heterocycles. The maximum absolute atomic E-state index is 11.0. The minimum absolute atomic E-state index is 0.403. The lowest BCUT2D eigenvalue weighted by Crippen LogP contribution is -1.97. The van der Waals surface area contributed by atoms with Crippen molar-refractivity contribution in [3.8, 4) is 11.5 Å². The summed E-state index contributed by atoms with van der Waals surface area (Å²) in [5, 5.41) is 0. The molecule has 0 spiro atoms. The highest BCUT2D eigenvalue weighted by molar-refractivity contribution is 9.10. The van der Waals surface area contributed by atoms with E-state index in [9.17, 15) is 4.79 Å².